The van der Waals surface area contributed by atoms with E-state index in [4.69, 9.17) is 4.74 Å². The van der Waals surface area contributed by atoms with Crippen LogP contribution in [0.2, 0.25) is 0 Å². The van der Waals surface area contributed by atoms with Gasteiger partial charge in [0.2, 0.25) is 0 Å². The second-order valence-corrected chi connectivity index (χ2v) is 7.52. The number of amides is 1. The number of hydrogen-bond acceptors (Lipinski definition) is 4. The van der Waals surface area contributed by atoms with E-state index >= 15 is 0 Å². The molecule has 30 heavy (non-hydrogen) atoms. The van der Waals surface area contributed by atoms with Gasteiger partial charge in [-0.15, -0.1) is 0 Å². The number of nitrogens with zero attached hydrogens (tertiary/aromatic N) is 2. The van der Waals surface area contributed by atoms with Gasteiger partial charge in [0.05, 0.1) is 5.69 Å². The van der Waals surface area contributed by atoms with Crippen molar-refractivity contribution >= 4 is 23.6 Å². The summed E-state index contributed by atoms with van der Waals surface area (Å²) in [4.78, 5) is 24.6. The molecule has 0 aliphatic heterocycles. The zero-order valence-electron chi connectivity index (χ0n) is 17.8. The standard InChI is InChI=1S/C23H26FN3O3/c1-14(2)13-27-15(3)10-18(16(27)4)11-19(12-25)23(29)30-17(5)22(28)26-21-9-7-6-8-20(21)24/h6-11,14,17H,13H2,1-5H3,(H,26,28)/b19-11+/t17-/m0/s1. The maximum absolute atomic E-state index is 13.7. The van der Waals surface area contributed by atoms with Crippen LogP contribution in [0.5, 0.6) is 0 Å². The van der Waals surface area contributed by atoms with Crippen LogP contribution < -0.4 is 5.32 Å². The van der Waals surface area contributed by atoms with E-state index in [9.17, 15) is 19.2 Å². The minimum atomic E-state index is -1.21. The fourth-order valence-corrected chi connectivity index (χ4v) is 2.99. The number of ether oxygens (including phenoxy) is 1. The third kappa shape index (κ3) is 5.57. The minimum Gasteiger partial charge on any atom is -0.448 e. The number of benzene rings is 1. The Bertz CT molecular complexity index is 1020. The Morgan fingerprint density at radius 3 is 2.53 bits per heavy atom. The third-order valence-corrected chi connectivity index (χ3v) is 4.59. The zero-order chi connectivity index (χ0) is 22.4. The van der Waals surface area contributed by atoms with Crippen LogP contribution in [0.15, 0.2) is 35.9 Å². The number of carbonyl (C=O) groups excluding carboxylic acids is 2. The van der Waals surface area contributed by atoms with Crippen molar-refractivity contribution in [2.24, 2.45) is 5.92 Å². The van der Waals surface area contributed by atoms with Gasteiger partial charge < -0.3 is 14.6 Å². The van der Waals surface area contributed by atoms with Crippen molar-refractivity contribution in [2.45, 2.75) is 47.3 Å². The Hall–Kier alpha value is -3.40. The molecule has 1 aromatic carbocycles. The lowest BCUT2D eigenvalue weighted by molar-refractivity contribution is -0.148. The first-order valence-electron chi connectivity index (χ1n) is 9.69. The number of aromatic nitrogens is 1. The number of nitrogens with one attached hydrogen (secondary N) is 1. The molecule has 0 bridgehead atoms. The van der Waals surface area contributed by atoms with Crippen molar-refractivity contribution in [3.63, 3.8) is 0 Å². The summed E-state index contributed by atoms with van der Waals surface area (Å²) in [5, 5.41) is 11.8. The van der Waals surface area contributed by atoms with Crippen LogP contribution in [0.25, 0.3) is 6.08 Å². The van der Waals surface area contributed by atoms with Gasteiger partial charge in [-0.3, -0.25) is 4.79 Å². The average molecular weight is 411 g/mol. The van der Waals surface area contributed by atoms with Gasteiger partial charge in [-0.2, -0.15) is 5.26 Å². The first-order valence-corrected chi connectivity index (χ1v) is 9.69. The van der Waals surface area contributed by atoms with Gasteiger partial charge in [-0.1, -0.05) is 26.0 Å². The van der Waals surface area contributed by atoms with E-state index in [-0.39, 0.29) is 11.3 Å². The van der Waals surface area contributed by atoms with E-state index in [1.54, 1.807) is 6.07 Å². The summed E-state index contributed by atoms with van der Waals surface area (Å²) >= 11 is 0. The van der Waals surface area contributed by atoms with E-state index in [2.05, 4.69) is 23.7 Å². The Labute approximate surface area is 176 Å². The number of nitriles is 1. The monoisotopic (exact) mass is 411 g/mol. The summed E-state index contributed by atoms with van der Waals surface area (Å²) in [5.41, 5.74) is 2.47. The van der Waals surface area contributed by atoms with Gasteiger partial charge in [0, 0.05) is 17.9 Å². The number of anilines is 1. The molecule has 0 saturated carbocycles. The van der Waals surface area contributed by atoms with Crippen molar-refractivity contribution in [1.82, 2.24) is 4.57 Å². The van der Waals surface area contributed by atoms with E-state index < -0.39 is 23.8 Å². The number of halogens is 1. The molecule has 1 heterocycles. The first-order chi connectivity index (χ1) is 14.1. The summed E-state index contributed by atoms with van der Waals surface area (Å²) in [6.07, 6.45) is 0.255. The van der Waals surface area contributed by atoms with Gasteiger partial charge in [-0.25, -0.2) is 9.18 Å². The number of rotatable bonds is 7. The van der Waals surface area contributed by atoms with Crippen molar-refractivity contribution in [3.05, 3.63) is 58.7 Å². The van der Waals surface area contributed by atoms with E-state index in [0.717, 1.165) is 23.5 Å². The van der Waals surface area contributed by atoms with Crippen LogP contribution in [0.4, 0.5) is 10.1 Å². The topological polar surface area (TPSA) is 84.1 Å². The molecule has 1 aromatic heterocycles. The Kier molecular flexibility index (Phi) is 7.54. The Balaban J connectivity index is 2.14. The minimum absolute atomic E-state index is 0.0148. The van der Waals surface area contributed by atoms with Gasteiger partial charge in [-0.05, 0) is 56.5 Å². The van der Waals surface area contributed by atoms with Crippen molar-refractivity contribution in [1.29, 1.82) is 5.26 Å². The predicted molar refractivity (Wildman–Crippen MR) is 113 cm³/mol. The summed E-state index contributed by atoms with van der Waals surface area (Å²) in [6, 6.07) is 9.41. The van der Waals surface area contributed by atoms with Gasteiger partial charge in [0.1, 0.15) is 17.5 Å². The van der Waals surface area contributed by atoms with Gasteiger partial charge in [0.25, 0.3) is 5.91 Å². The summed E-state index contributed by atoms with van der Waals surface area (Å²) < 4.78 is 20.9. The summed E-state index contributed by atoms with van der Waals surface area (Å²) in [6.45, 7) is 10.3. The highest BCUT2D eigenvalue weighted by Crippen LogP contribution is 2.20. The fraction of sp³-hybridized carbons (Fsp3) is 0.348. The van der Waals surface area contributed by atoms with E-state index in [0.29, 0.717) is 5.92 Å². The molecule has 0 fully saturated rings. The van der Waals surface area contributed by atoms with Crippen molar-refractivity contribution in [2.75, 3.05) is 5.32 Å². The summed E-state index contributed by atoms with van der Waals surface area (Å²) in [5.74, 6) is -1.76. The van der Waals surface area contributed by atoms with E-state index in [1.807, 2.05) is 26.0 Å². The second-order valence-electron chi connectivity index (χ2n) is 7.52. The molecule has 7 heteroatoms. The molecule has 1 amide bonds. The molecule has 2 rings (SSSR count). The number of aryl methyl sites for hydroxylation is 1. The van der Waals surface area contributed by atoms with Crippen LogP contribution in [0, 0.1) is 36.9 Å². The van der Waals surface area contributed by atoms with Crippen molar-refractivity contribution < 1.29 is 18.7 Å². The normalized spacial score (nSPS) is 12.4. The maximum Gasteiger partial charge on any atom is 0.349 e. The SMILES string of the molecule is Cc1cc(/C=C(\C#N)C(=O)O[C@@H](C)C(=O)Nc2ccccc2F)c(C)n1CC(C)C. The fourth-order valence-electron chi connectivity index (χ4n) is 2.99. The molecular weight excluding hydrogens is 385 g/mol. The second kappa shape index (κ2) is 9.88. The molecule has 0 saturated heterocycles. The molecule has 158 valence electrons. The molecule has 0 radical (unpaired) electrons. The molecule has 2 aromatic rings. The van der Waals surface area contributed by atoms with Gasteiger partial charge in [0.15, 0.2) is 6.10 Å². The lowest BCUT2D eigenvalue weighted by Gasteiger charge is -2.13. The zero-order valence-corrected chi connectivity index (χ0v) is 17.8. The largest absolute Gasteiger partial charge is 0.448 e. The Morgan fingerprint density at radius 1 is 1.27 bits per heavy atom. The lowest BCUT2D eigenvalue weighted by Crippen LogP contribution is -2.30. The molecule has 0 spiro atoms. The van der Waals surface area contributed by atoms with Crippen LogP contribution in [-0.2, 0) is 20.9 Å². The van der Waals surface area contributed by atoms with Gasteiger partial charge >= 0.3 is 5.97 Å². The first kappa shape index (κ1) is 22.9. The molecule has 0 unspecified atom stereocenters. The average Bonchev–Trinajstić information content (AvgIpc) is 2.94. The molecule has 1 atom stereocenters. The highest BCUT2D eigenvalue weighted by Gasteiger charge is 2.22. The highest BCUT2D eigenvalue weighted by molar-refractivity contribution is 6.01. The Morgan fingerprint density at radius 2 is 1.93 bits per heavy atom. The number of esters is 1. The molecule has 6 nitrogen and oxygen atoms in total. The van der Waals surface area contributed by atoms with E-state index in [1.165, 1.54) is 31.2 Å². The molecule has 0 aliphatic rings. The molecule has 1 N–H and O–H groups in total. The predicted octanol–water partition coefficient (Wildman–Crippen LogP) is 4.38. The smallest absolute Gasteiger partial charge is 0.349 e. The third-order valence-electron chi connectivity index (χ3n) is 4.59. The van der Waals surface area contributed by atoms with Crippen molar-refractivity contribution in [3.8, 4) is 6.07 Å². The van der Waals surface area contributed by atoms with Crippen LogP contribution in [0.3, 0.4) is 0 Å². The number of para-hydroxylation sites is 1. The number of carbonyl (C=O) groups is 2. The van der Waals surface area contributed by atoms with Crippen LogP contribution in [0.1, 0.15) is 37.7 Å². The summed E-state index contributed by atoms with van der Waals surface area (Å²) in [7, 11) is 0. The molecular formula is C23H26FN3O3. The van der Waals surface area contributed by atoms with Crippen LogP contribution in [-0.4, -0.2) is 22.5 Å². The highest BCUT2D eigenvalue weighted by atomic mass is 19.1. The lowest BCUT2D eigenvalue weighted by atomic mass is 10.1. The molecule has 0 aliphatic carbocycles. The maximum atomic E-state index is 13.7. The van der Waals surface area contributed by atoms with Crippen LogP contribution >= 0.6 is 0 Å². The quantitative estimate of drug-likeness (QED) is 0.416. The number of hydrogen-bond donors (Lipinski definition) is 1.